The van der Waals surface area contributed by atoms with E-state index in [1.165, 1.54) is 0 Å². The number of amides is 2. The lowest BCUT2D eigenvalue weighted by Crippen LogP contribution is -2.52. The van der Waals surface area contributed by atoms with E-state index in [2.05, 4.69) is 10.6 Å². The standard InChI is InChI=1S/C28H31N3O3/c1-19(2)14-24(29-27(33)23-13-12-21-10-6-7-11-22(21)15-23)28(34)30-25-17-31(18-26(25)32)16-20-8-4-3-5-9-20/h3-13,15,19,24-25H,14,16-18H2,1-2H3,(H,29,33)(H,30,34)/t24-,25?/m0/s1. The van der Waals surface area contributed by atoms with Crippen LogP contribution in [0.15, 0.2) is 72.8 Å². The minimum absolute atomic E-state index is 0.00608. The molecular weight excluding hydrogens is 426 g/mol. The molecule has 2 amide bonds. The topological polar surface area (TPSA) is 78.5 Å². The fourth-order valence-corrected chi connectivity index (χ4v) is 4.39. The summed E-state index contributed by atoms with van der Waals surface area (Å²) >= 11 is 0. The minimum atomic E-state index is -0.713. The number of nitrogens with one attached hydrogen (secondary N) is 2. The van der Waals surface area contributed by atoms with E-state index in [0.717, 1.165) is 16.3 Å². The van der Waals surface area contributed by atoms with Gasteiger partial charge in [0.05, 0.1) is 6.54 Å². The van der Waals surface area contributed by atoms with Crippen LogP contribution in [0.3, 0.4) is 0 Å². The third-order valence-corrected chi connectivity index (χ3v) is 6.11. The van der Waals surface area contributed by atoms with E-state index in [9.17, 15) is 14.4 Å². The van der Waals surface area contributed by atoms with Gasteiger partial charge in [0, 0.05) is 18.7 Å². The Hall–Kier alpha value is -3.51. The smallest absolute Gasteiger partial charge is 0.251 e. The van der Waals surface area contributed by atoms with Gasteiger partial charge in [-0.3, -0.25) is 19.3 Å². The summed E-state index contributed by atoms with van der Waals surface area (Å²) in [5.74, 6) is -0.423. The number of likely N-dealkylation sites (tertiary alicyclic amines) is 1. The Labute approximate surface area is 200 Å². The molecule has 3 aromatic rings. The molecule has 4 rings (SSSR count). The lowest BCUT2D eigenvalue weighted by Gasteiger charge is -2.22. The summed E-state index contributed by atoms with van der Waals surface area (Å²) in [6.07, 6.45) is 0.486. The number of Topliss-reactive ketones (excluding diaryl/α,β-unsaturated/α-hetero) is 1. The summed E-state index contributed by atoms with van der Waals surface area (Å²) in [7, 11) is 0. The molecule has 1 fully saturated rings. The molecule has 1 aliphatic rings. The van der Waals surface area contributed by atoms with E-state index in [1.807, 2.05) is 85.5 Å². The highest BCUT2D eigenvalue weighted by molar-refractivity contribution is 6.01. The molecule has 6 heteroatoms. The highest BCUT2D eigenvalue weighted by Gasteiger charge is 2.34. The summed E-state index contributed by atoms with van der Waals surface area (Å²) in [6.45, 7) is 5.44. The first-order valence-electron chi connectivity index (χ1n) is 11.8. The van der Waals surface area contributed by atoms with Crippen LogP contribution in [0.25, 0.3) is 10.8 Å². The summed E-state index contributed by atoms with van der Waals surface area (Å²) in [4.78, 5) is 40.7. The van der Waals surface area contributed by atoms with Crippen molar-refractivity contribution >= 4 is 28.4 Å². The molecule has 3 aromatic carbocycles. The second kappa shape index (κ2) is 10.6. The van der Waals surface area contributed by atoms with Gasteiger partial charge >= 0.3 is 0 Å². The number of fused-ring (bicyclic) bond motifs is 1. The van der Waals surface area contributed by atoms with Crippen molar-refractivity contribution in [3.8, 4) is 0 Å². The molecule has 0 bridgehead atoms. The Balaban J connectivity index is 1.40. The van der Waals surface area contributed by atoms with Crippen LogP contribution in [0.1, 0.15) is 36.2 Å². The monoisotopic (exact) mass is 457 g/mol. The van der Waals surface area contributed by atoms with Gasteiger partial charge in [-0.05, 0) is 40.8 Å². The second-order valence-electron chi connectivity index (χ2n) is 9.40. The van der Waals surface area contributed by atoms with Crippen LogP contribution in [0.4, 0.5) is 0 Å². The molecule has 0 aliphatic carbocycles. The Morgan fingerprint density at radius 1 is 0.971 bits per heavy atom. The molecule has 0 aromatic heterocycles. The number of carbonyl (C=O) groups is 3. The third-order valence-electron chi connectivity index (χ3n) is 6.11. The van der Waals surface area contributed by atoms with Crippen LogP contribution < -0.4 is 10.6 Å². The summed E-state index contributed by atoms with van der Waals surface area (Å²) < 4.78 is 0. The van der Waals surface area contributed by atoms with Gasteiger partial charge in [0.15, 0.2) is 5.78 Å². The Bertz CT molecular complexity index is 1180. The van der Waals surface area contributed by atoms with Gasteiger partial charge < -0.3 is 10.6 Å². The largest absolute Gasteiger partial charge is 0.343 e. The second-order valence-corrected chi connectivity index (χ2v) is 9.40. The van der Waals surface area contributed by atoms with Crippen molar-refractivity contribution in [2.45, 2.75) is 38.9 Å². The number of benzene rings is 3. The van der Waals surface area contributed by atoms with E-state index in [4.69, 9.17) is 0 Å². The predicted octanol–water partition coefficient (Wildman–Crippen LogP) is 3.55. The van der Waals surface area contributed by atoms with Gasteiger partial charge in [0.2, 0.25) is 5.91 Å². The van der Waals surface area contributed by atoms with Gasteiger partial charge in [-0.2, -0.15) is 0 Å². The van der Waals surface area contributed by atoms with Crippen molar-refractivity contribution in [1.82, 2.24) is 15.5 Å². The number of hydrogen-bond donors (Lipinski definition) is 2. The van der Waals surface area contributed by atoms with E-state index in [-0.39, 0.29) is 23.5 Å². The molecule has 0 spiro atoms. The van der Waals surface area contributed by atoms with Crippen molar-refractivity contribution < 1.29 is 14.4 Å². The van der Waals surface area contributed by atoms with Crippen molar-refractivity contribution in [2.24, 2.45) is 5.92 Å². The molecule has 2 atom stereocenters. The Morgan fingerprint density at radius 3 is 2.41 bits per heavy atom. The number of carbonyl (C=O) groups excluding carboxylic acids is 3. The molecule has 2 N–H and O–H groups in total. The Morgan fingerprint density at radius 2 is 1.68 bits per heavy atom. The molecule has 0 saturated carbocycles. The van der Waals surface area contributed by atoms with Crippen LogP contribution in [-0.4, -0.2) is 47.7 Å². The zero-order valence-corrected chi connectivity index (χ0v) is 19.7. The quantitative estimate of drug-likeness (QED) is 0.542. The molecular formula is C28H31N3O3. The molecule has 1 unspecified atom stereocenters. The lowest BCUT2D eigenvalue weighted by atomic mass is 10.0. The van der Waals surface area contributed by atoms with Gasteiger partial charge in [-0.15, -0.1) is 0 Å². The van der Waals surface area contributed by atoms with Crippen LogP contribution in [0.2, 0.25) is 0 Å². The first-order valence-corrected chi connectivity index (χ1v) is 11.8. The summed E-state index contributed by atoms with van der Waals surface area (Å²) in [6, 6.07) is 22.0. The zero-order chi connectivity index (χ0) is 24.1. The maximum absolute atomic E-state index is 13.1. The SMILES string of the molecule is CC(C)C[C@H](NC(=O)c1ccc2ccccc2c1)C(=O)NC1CN(Cc2ccccc2)CC1=O. The van der Waals surface area contributed by atoms with E-state index >= 15 is 0 Å². The minimum Gasteiger partial charge on any atom is -0.343 e. The normalized spacial score (nSPS) is 17.1. The van der Waals surface area contributed by atoms with Crippen molar-refractivity contribution in [1.29, 1.82) is 0 Å². The Kier molecular flexibility index (Phi) is 7.38. The maximum atomic E-state index is 13.1. The molecule has 6 nitrogen and oxygen atoms in total. The number of hydrogen-bond acceptors (Lipinski definition) is 4. The van der Waals surface area contributed by atoms with Crippen LogP contribution in [0, 0.1) is 5.92 Å². The molecule has 176 valence electrons. The van der Waals surface area contributed by atoms with Gasteiger partial charge in [0.1, 0.15) is 12.1 Å². The van der Waals surface area contributed by atoms with Gasteiger partial charge in [-0.1, -0.05) is 74.5 Å². The van der Waals surface area contributed by atoms with E-state index < -0.39 is 12.1 Å². The molecule has 1 saturated heterocycles. The van der Waals surface area contributed by atoms with Crippen molar-refractivity contribution in [3.63, 3.8) is 0 Å². The summed E-state index contributed by atoms with van der Waals surface area (Å²) in [5.41, 5.74) is 1.63. The predicted molar refractivity (Wildman–Crippen MR) is 133 cm³/mol. The van der Waals surface area contributed by atoms with Crippen LogP contribution in [0.5, 0.6) is 0 Å². The van der Waals surface area contributed by atoms with Crippen LogP contribution in [-0.2, 0) is 16.1 Å². The lowest BCUT2D eigenvalue weighted by molar-refractivity contribution is -0.127. The van der Waals surface area contributed by atoms with Gasteiger partial charge in [-0.25, -0.2) is 0 Å². The van der Waals surface area contributed by atoms with E-state index in [0.29, 0.717) is 31.6 Å². The van der Waals surface area contributed by atoms with Crippen molar-refractivity contribution in [3.05, 3.63) is 83.9 Å². The molecule has 1 heterocycles. The highest BCUT2D eigenvalue weighted by atomic mass is 16.2. The molecule has 0 radical (unpaired) electrons. The average molecular weight is 458 g/mol. The fourth-order valence-electron chi connectivity index (χ4n) is 4.39. The van der Waals surface area contributed by atoms with Crippen molar-refractivity contribution in [2.75, 3.05) is 13.1 Å². The van der Waals surface area contributed by atoms with Gasteiger partial charge in [0.25, 0.3) is 5.91 Å². The molecule has 34 heavy (non-hydrogen) atoms. The summed E-state index contributed by atoms with van der Waals surface area (Å²) in [5, 5.41) is 7.80. The third kappa shape index (κ3) is 5.88. The first kappa shape index (κ1) is 23.6. The highest BCUT2D eigenvalue weighted by Crippen LogP contribution is 2.17. The average Bonchev–Trinajstić information content (AvgIpc) is 3.16. The fraction of sp³-hybridized carbons (Fsp3) is 0.321. The van der Waals surface area contributed by atoms with E-state index in [1.54, 1.807) is 6.07 Å². The number of rotatable bonds is 8. The number of nitrogens with zero attached hydrogens (tertiary/aromatic N) is 1. The number of ketones is 1. The maximum Gasteiger partial charge on any atom is 0.251 e. The zero-order valence-electron chi connectivity index (χ0n) is 19.7. The van der Waals surface area contributed by atoms with Crippen LogP contribution >= 0.6 is 0 Å². The first-order chi connectivity index (χ1) is 16.4. The molecule has 1 aliphatic heterocycles.